The van der Waals surface area contributed by atoms with Crippen LogP contribution in [0.5, 0.6) is 17.2 Å². The number of methoxy groups -OCH3 is 3. The summed E-state index contributed by atoms with van der Waals surface area (Å²) in [4.78, 5) is 0. The van der Waals surface area contributed by atoms with Crippen molar-refractivity contribution in [2.75, 3.05) is 27.9 Å². The van der Waals surface area contributed by atoms with E-state index in [2.05, 4.69) is 19.2 Å². The van der Waals surface area contributed by atoms with Gasteiger partial charge < -0.3 is 24.6 Å². The molecule has 0 saturated carbocycles. The molecule has 0 amide bonds. The van der Waals surface area contributed by atoms with Crippen molar-refractivity contribution in [2.24, 2.45) is 0 Å². The molecule has 1 aromatic rings. The third-order valence-corrected chi connectivity index (χ3v) is 4.11. The van der Waals surface area contributed by atoms with E-state index < -0.39 is 0 Å². The van der Waals surface area contributed by atoms with Crippen LogP contribution in [-0.2, 0) is 6.54 Å². The second-order valence-electron chi connectivity index (χ2n) is 5.01. The van der Waals surface area contributed by atoms with Crippen molar-refractivity contribution in [3.63, 3.8) is 0 Å². The highest BCUT2D eigenvalue weighted by Crippen LogP contribution is 2.34. The molecule has 5 heteroatoms. The van der Waals surface area contributed by atoms with Crippen LogP contribution < -0.4 is 19.5 Å². The van der Waals surface area contributed by atoms with Gasteiger partial charge >= 0.3 is 0 Å². The van der Waals surface area contributed by atoms with Crippen LogP contribution in [0.25, 0.3) is 0 Å². The SMILES string of the molecule is CCC(CC)(CO)NCc1c(OC)cc(OC)cc1OC. The van der Waals surface area contributed by atoms with E-state index >= 15 is 0 Å². The predicted octanol–water partition coefficient (Wildman–Crippen LogP) is 2.35. The Morgan fingerprint density at radius 2 is 1.52 bits per heavy atom. The first-order valence-electron chi connectivity index (χ1n) is 7.24. The zero-order valence-electron chi connectivity index (χ0n) is 13.7. The maximum absolute atomic E-state index is 9.64. The lowest BCUT2D eigenvalue weighted by Crippen LogP contribution is -2.47. The molecule has 0 aliphatic rings. The number of benzene rings is 1. The van der Waals surface area contributed by atoms with E-state index in [4.69, 9.17) is 14.2 Å². The average molecular weight is 297 g/mol. The van der Waals surface area contributed by atoms with Gasteiger partial charge in [0.1, 0.15) is 17.2 Å². The van der Waals surface area contributed by atoms with Crippen LogP contribution in [0.3, 0.4) is 0 Å². The number of aliphatic hydroxyl groups is 1. The molecule has 0 fully saturated rings. The van der Waals surface area contributed by atoms with E-state index in [1.165, 1.54) is 0 Å². The molecule has 1 aromatic carbocycles. The molecule has 0 bridgehead atoms. The molecule has 120 valence electrons. The third kappa shape index (κ3) is 4.02. The molecule has 0 saturated heterocycles. The van der Waals surface area contributed by atoms with Crippen LogP contribution in [0.2, 0.25) is 0 Å². The van der Waals surface area contributed by atoms with Crippen molar-refractivity contribution >= 4 is 0 Å². The molecular formula is C16H27NO4. The molecule has 0 unspecified atom stereocenters. The molecular weight excluding hydrogens is 270 g/mol. The molecule has 21 heavy (non-hydrogen) atoms. The van der Waals surface area contributed by atoms with Gasteiger partial charge in [-0.1, -0.05) is 13.8 Å². The minimum atomic E-state index is -0.282. The fraction of sp³-hybridized carbons (Fsp3) is 0.625. The van der Waals surface area contributed by atoms with Gasteiger partial charge in [-0.3, -0.25) is 0 Å². The van der Waals surface area contributed by atoms with Gasteiger partial charge in [-0.15, -0.1) is 0 Å². The quantitative estimate of drug-likeness (QED) is 0.733. The highest BCUT2D eigenvalue weighted by molar-refractivity contribution is 5.50. The Labute approximate surface area is 127 Å². The molecule has 0 spiro atoms. The molecule has 0 heterocycles. The monoisotopic (exact) mass is 297 g/mol. The Morgan fingerprint density at radius 1 is 1.00 bits per heavy atom. The molecule has 0 aliphatic carbocycles. The van der Waals surface area contributed by atoms with Gasteiger partial charge in [-0.25, -0.2) is 0 Å². The summed E-state index contributed by atoms with van der Waals surface area (Å²) in [7, 11) is 4.85. The van der Waals surface area contributed by atoms with Crippen LogP contribution in [0.1, 0.15) is 32.3 Å². The first kappa shape index (κ1) is 17.6. The van der Waals surface area contributed by atoms with Gasteiger partial charge in [0.25, 0.3) is 0 Å². The Hall–Kier alpha value is -1.46. The lowest BCUT2D eigenvalue weighted by molar-refractivity contribution is 0.149. The van der Waals surface area contributed by atoms with Gasteiger partial charge in [0, 0.05) is 24.2 Å². The molecule has 0 radical (unpaired) electrons. The number of nitrogens with one attached hydrogen (secondary N) is 1. The summed E-state index contributed by atoms with van der Waals surface area (Å²) >= 11 is 0. The standard InChI is InChI=1S/C16H27NO4/c1-6-16(7-2,11-18)17-10-13-14(20-4)8-12(19-3)9-15(13)21-5/h8-9,17-18H,6-7,10-11H2,1-5H3. The molecule has 5 nitrogen and oxygen atoms in total. The molecule has 0 aliphatic heterocycles. The first-order chi connectivity index (χ1) is 10.1. The highest BCUT2D eigenvalue weighted by Gasteiger charge is 2.25. The number of ether oxygens (including phenoxy) is 3. The van der Waals surface area contributed by atoms with Crippen LogP contribution in [0.4, 0.5) is 0 Å². The summed E-state index contributed by atoms with van der Waals surface area (Å²) in [6, 6.07) is 3.66. The van der Waals surface area contributed by atoms with Crippen LogP contribution in [0.15, 0.2) is 12.1 Å². The largest absolute Gasteiger partial charge is 0.496 e. The zero-order valence-corrected chi connectivity index (χ0v) is 13.7. The Morgan fingerprint density at radius 3 is 1.86 bits per heavy atom. The summed E-state index contributed by atoms with van der Waals surface area (Å²) in [5.74, 6) is 2.10. The van der Waals surface area contributed by atoms with Gasteiger partial charge in [0.2, 0.25) is 0 Å². The number of rotatable bonds is 9. The Balaban J connectivity index is 3.06. The van der Waals surface area contributed by atoms with E-state index in [1.807, 2.05) is 12.1 Å². The lowest BCUT2D eigenvalue weighted by atomic mass is 9.93. The third-order valence-electron chi connectivity index (χ3n) is 4.11. The van der Waals surface area contributed by atoms with Crippen molar-refractivity contribution in [2.45, 2.75) is 38.8 Å². The maximum Gasteiger partial charge on any atom is 0.130 e. The summed E-state index contributed by atoms with van der Waals surface area (Å²) in [6.07, 6.45) is 1.70. The number of hydrogen-bond donors (Lipinski definition) is 2. The van der Waals surface area contributed by atoms with Crippen molar-refractivity contribution in [3.05, 3.63) is 17.7 Å². The summed E-state index contributed by atoms with van der Waals surface area (Å²) in [6.45, 7) is 4.78. The lowest BCUT2D eigenvalue weighted by Gasteiger charge is -2.31. The average Bonchev–Trinajstić information content (AvgIpc) is 2.55. The summed E-state index contributed by atoms with van der Waals surface area (Å²) in [5.41, 5.74) is 0.635. The fourth-order valence-electron chi connectivity index (χ4n) is 2.31. The van der Waals surface area contributed by atoms with Gasteiger partial charge in [0.15, 0.2) is 0 Å². The predicted molar refractivity (Wildman–Crippen MR) is 83.3 cm³/mol. The minimum Gasteiger partial charge on any atom is -0.496 e. The first-order valence-corrected chi connectivity index (χ1v) is 7.24. The van der Waals surface area contributed by atoms with E-state index in [0.29, 0.717) is 23.8 Å². The van der Waals surface area contributed by atoms with E-state index in [1.54, 1.807) is 21.3 Å². The Bertz CT molecular complexity index is 411. The van der Waals surface area contributed by atoms with Crippen molar-refractivity contribution in [1.82, 2.24) is 5.32 Å². The summed E-state index contributed by atoms with van der Waals surface area (Å²) < 4.78 is 16.1. The Kier molecular flexibility index (Phi) is 6.78. The summed E-state index contributed by atoms with van der Waals surface area (Å²) in [5, 5.41) is 13.1. The van der Waals surface area contributed by atoms with E-state index in [-0.39, 0.29) is 12.1 Å². The maximum atomic E-state index is 9.64. The van der Waals surface area contributed by atoms with Crippen molar-refractivity contribution in [1.29, 1.82) is 0 Å². The molecule has 0 atom stereocenters. The van der Waals surface area contributed by atoms with Crippen LogP contribution in [0, 0.1) is 0 Å². The van der Waals surface area contributed by atoms with Gasteiger partial charge in [-0.2, -0.15) is 0 Å². The van der Waals surface area contributed by atoms with Crippen molar-refractivity contribution in [3.8, 4) is 17.2 Å². The number of hydrogen-bond acceptors (Lipinski definition) is 5. The van der Waals surface area contributed by atoms with Crippen LogP contribution in [-0.4, -0.2) is 38.6 Å². The molecule has 0 aromatic heterocycles. The smallest absolute Gasteiger partial charge is 0.130 e. The van der Waals surface area contributed by atoms with Gasteiger partial charge in [-0.05, 0) is 12.8 Å². The number of aliphatic hydroxyl groups excluding tert-OH is 1. The van der Waals surface area contributed by atoms with E-state index in [0.717, 1.165) is 18.4 Å². The highest BCUT2D eigenvalue weighted by atomic mass is 16.5. The van der Waals surface area contributed by atoms with E-state index in [9.17, 15) is 5.11 Å². The molecule has 1 rings (SSSR count). The minimum absolute atomic E-state index is 0.0980. The van der Waals surface area contributed by atoms with Gasteiger partial charge in [0.05, 0.1) is 33.5 Å². The van der Waals surface area contributed by atoms with Crippen LogP contribution >= 0.6 is 0 Å². The second-order valence-corrected chi connectivity index (χ2v) is 5.01. The zero-order chi connectivity index (χ0) is 15.9. The fourth-order valence-corrected chi connectivity index (χ4v) is 2.31. The normalized spacial score (nSPS) is 11.3. The molecule has 2 N–H and O–H groups in total. The second kappa shape index (κ2) is 8.10. The van der Waals surface area contributed by atoms with Crippen molar-refractivity contribution < 1.29 is 19.3 Å². The topological polar surface area (TPSA) is 60.0 Å².